The van der Waals surface area contributed by atoms with Crippen LogP contribution in [0.2, 0.25) is 0 Å². The van der Waals surface area contributed by atoms with Gasteiger partial charge in [0.05, 0.1) is 5.69 Å². The molecule has 0 spiro atoms. The van der Waals surface area contributed by atoms with Crippen molar-refractivity contribution in [3.63, 3.8) is 0 Å². The average molecular weight is 283 g/mol. The first-order valence-corrected chi connectivity index (χ1v) is 7.76. The summed E-state index contributed by atoms with van der Waals surface area (Å²) in [6.45, 7) is 5.38. The van der Waals surface area contributed by atoms with E-state index in [0.29, 0.717) is 6.04 Å². The third kappa shape index (κ3) is 3.09. The number of hydrogen-bond acceptors (Lipinski definition) is 5. The number of nitrogens with one attached hydrogen (secondary N) is 1. The van der Waals surface area contributed by atoms with Crippen molar-refractivity contribution in [2.75, 3.05) is 25.6 Å². The van der Waals surface area contributed by atoms with Crippen LogP contribution in [-0.4, -0.2) is 36.8 Å². The third-order valence-corrected chi connectivity index (χ3v) is 5.54. The van der Waals surface area contributed by atoms with Crippen LogP contribution in [0.25, 0.3) is 0 Å². The van der Waals surface area contributed by atoms with Crippen LogP contribution in [0.5, 0.6) is 0 Å². The van der Waals surface area contributed by atoms with Gasteiger partial charge in [0, 0.05) is 43.6 Å². The fraction of sp³-hybridized carbons (Fsp3) is 0.786. The molecule has 1 heterocycles. The van der Waals surface area contributed by atoms with Gasteiger partial charge in [-0.1, -0.05) is 13.3 Å². The number of aryl methyl sites for hydroxylation is 1. The molecule has 0 amide bonds. The summed E-state index contributed by atoms with van der Waals surface area (Å²) >= 11 is 1.75. The molecule has 0 aliphatic heterocycles. The summed E-state index contributed by atoms with van der Waals surface area (Å²) in [6, 6.07) is 0.418. The molecule has 2 rings (SSSR count). The Morgan fingerprint density at radius 3 is 2.84 bits per heavy atom. The summed E-state index contributed by atoms with van der Waals surface area (Å²) in [5.74, 6) is 0. The van der Waals surface area contributed by atoms with Crippen LogP contribution in [0, 0.1) is 12.3 Å². The molecule has 5 heteroatoms. The van der Waals surface area contributed by atoms with Gasteiger partial charge in [-0.3, -0.25) is 0 Å². The Kier molecular flexibility index (Phi) is 4.48. The Bertz CT molecular complexity index is 432. The zero-order valence-electron chi connectivity index (χ0n) is 12.4. The molecule has 0 saturated heterocycles. The molecule has 1 fully saturated rings. The number of rotatable bonds is 5. The fourth-order valence-corrected chi connectivity index (χ4v) is 3.69. The standard InChI is InChI=1S/C14H25N3OS/c1-10-11(19-13(16-10)17(3)4)8-15-12-6-5-7-14(12,2)9-18/h12,15,18H,5-9H2,1-4H3. The SMILES string of the molecule is Cc1nc(N(C)C)sc1CNC1CCCC1(C)CO. The van der Waals surface area contributed by atoms with Gasteiger partial charge >= 0.3 is 0 Å². The first-order chi connectivity index (χ1) is 8.96. The molecule has 1 saturated carbocycles. The molecule has 2 unspecified atom stereocenters. The van der Waals surface area contributed by atoms with Crippen LogP contribution in [0.15, 0.2) is 0 Å². The number of aliphatic hydroxyl groups is 1. The number of hydrogen-bond donors (Lipinski definition) is 2. The third-order valence-electron chi connectivity index (χ3n) is 4.22. The topological polar surface area (TPSA) is 48.4 Å². The smallest absolute Gasteiger partial charge is 0.185 e. The monoisotopic (exact) mass is 283 g/mol. The number of aromatic nitrogens is 1. The summed E-state index contributed by atoms with van der Waals surface area (Å²) in [7, 11) is 4.05. The van der Waals surface area contributed by atoms with Gasteiger partial charge in [-0.25, -0.2) is 4.98 Å². The summed E-state index contributed by atoms with van der Waals surface area (Å²) in [6.07, 6.45) is 3.49. The predicted molar refractivity (Wildman–Crippen MR) is 80.8 cm³/mol. The molecule has 1 aliphatic rings. The van der Waals surface area contributed by atoms with E-state index in [0.717, 1.165) is 30.2 Å². The van der Waals surface area contributed by atoms with E-state index in [2.05, 4.69) is 29.0 Å². The second-order valence-electron chi connectivity index (χ2n) is 6.04. The predicted octanol–water partition coefficient (Wildman–Crippen LogP) is 2.16. The van der Waals surface area contributed by atoms with E-state index in [1.807, 2.05) is 14.1 Å². The minimum Gasteiger partial charge on any atom is -0.396 e. The van der Waals surface area contributed by atoms with Crippen LogP contribution in [0.1, 0.15) is 36.8 Å². The van der Waals surface area contributed by atoms with Crippen molar-refractivity contribution >= 4 is 16.5 Å². The first kappa shape index (κ1) is 14.8. The van der Waals surface area contributed by atoms with E-state index in [1.54, 1.807) is 11.3 Å². The van der Waals surface area contributed by atoms with Gasteiger partial charge in [0.2, 0.25) is 0 Å². The number of anilines is 1. The minimum atomic E-state index is 0.0446. The van der Waals surface area contributed by atoms with Crippen molar-refractivity contribution in [1.82, 2.24) is 10.3 Å². The molecule has 0 aromatic carbocycles. The largest absolute Gasteiger partial charge is 0.396 e. The molecule has 1 aromatic rings. The Morgan fingerprint density at radius 1 is 1.53 bits per heavy atom. The zero-order valence-corrected chi connectivity index (χ0v) is 13.2. The molecular weight excluding hydrogens is 258 g/mol. The van der Waals surface area contributed by atoms with Gasteiger partial charge in [0.25, 0.3) is 0 Å². The minimum absolute atomic E-state index is 0.0446. The van der Waals surface area contributed by atoms with Crippen LogP contribution in [-0.2, 0) is 6.54 Å². The van der Waals surface area contributed by atoms with Gasteiger partial charge < -0.3 is 15.3 Å². The van der Waals surface area contributed by atoms with Crippen LogP contribution < -0.4 is 10.2 Å². The summed E-state index contributed by atoms with van der Waals surface area (Å²) < 4.78 is 0. The maximum atomic E-state index is 9.57. The molecule has 2 N–H and O–H groups in total. The highest BCUT2D eigenvalue weighted by Gasteiger charge is 2.37. The number of thiazole rings is 1. The number of aliphatic hydroxyl groups excluding tert-OH is 1. The van der Waals surface area contributed by atoms with Gasteiger partial charge in [-0.05, 0) is 19.8 Å². The highest BCUT2D eigenvalue weighted by atomic mass is 32.1. The van der Waals surface area contributed by atoms with E-state index in [-0.39, 0.29) is 12.0 Å². The van der Waals surface area contributed by atoms with E-state index < -0.39 is 0 Å². The Hall–Kier alpha value is -0.650. The van der Waals surface area contributed by atoms with E-state index in [9.17, 15) is 5.11 Å². The van der Waals surface area contributed by atoms with Crippen molar-refractivity contribution in [2.45, 2.75) is 45.7 Å². The van der Waals surface area contributed by atoms with Crippen LogP contribution >= 0.6 is 11.3 Å². The fourth-order valence-electron chi connectivity index (χ4n) is 2.75. The summed E-state index contributed by atoms with van der Waals surface area (Å²) in [5.41, 5.74) is 1.16. The summed E-state index contributed by atoms with van der Waals surface area (Å²) in [5, 5.41) is 14.3. The Labute approximate surface area is 119 Å². The lowest BCUT2D eigenvalue weighted by molar-refractivity contribution is 0.118. The van der Waals surface area contributed by atoms with E-state index in [4.69, 9.17) is 0 Å². The van der Waals surface area contributed by atoms with Crippen molar-refractivity contribution in [3.05, 3.63) is 10.6 Å². The Balaban J connectivity index is 1.99. The van der Waals surface area contributed by atoms with Crippen molar-refractivity contribution in [2.24, 2.45) is 5.41 Å². The van der Waals surface area contributed by atoms with Gasteiger partial charge in [0.15, 0.2) is 5.13 Å². The molecule has 1 aromatic heterocycles. The molecule has 19 heavy (non-hydrogen) atoms. The maximum absolute atomic E-state index is 9.57. The quantitative estimate of drug-likeness (QED) is 0.869. The first-order valence-electron chi connectivity index (χ1n) is 6.94. The summed E-state index contributed by atoms with van der Waals surface area (Å²) in [4.78, 5) is 7.92. The Morgan fingerprint density at radius 2 is 2.26 bits per heavy atom. The van der Waals surface area contributed by atoms with Crippen LogP contribution in [0.4, 0.5) is 5.13 Å². The second-order valence-corrected chi connectivity index (χ2v) is 7.10. The van der Waals surface area contributed by atoms with Gasteiger partial charge in [-0.2, -0.15) is 0 Å². The van der Waals surface area contributed by atoms with Gasteiger partial charge in [-0.15, -0.1) is 11.3 Å². The van der Waals surface area contributed by atoms with Crippen LogP contribution in [0.3, 0.4) is 0 Å². The van der Waals surface area contributed by atoms with Gasteiger partial charge in [0.1, 0.15) is 0 Å². The molecule has 2 atom stereocenters. The molecule has 1 aliphatic carbocycles. The lowest BCUT2D eigenvalue weighted by Crippen LogP contribution is -2.41. The lowest BCUT2D eigenvalue weighted by atomic mass is 9.86. The molecule has 108 valence electrons. The van der Waals surface area contributed by atoms with E-state index in [1.165, 1.54) is 11.3 Å². The normalized spacial score (nSPS) is 26.9. The average Bonchev–Trinajstić information content (AvgIpc) is 2.91. The van der Waals surface area contributed by atoms with Crippen molar-refractivity contribution in [1.29, 1.82) is 0 Å². The molecule has 4 nitrogen and oxygen atoms in total. The molecule has 0 bridgehead atoms. The lowest BCUT2D eigenvalue weighted by Gasteiger charge is -2.30. The van der Waals surface area contributed by atoms with E-state index >= 15 is 0 Å². The number of nitrogens with zero attached hydrogens (tertiary/aromatic N) is 2. The highest BCUT2D eigenvalue weighted by molar-refractivity contribution is 7.15. The van der Waals surface area contributed by atoms with Crippen molar-refractivity contribution < 1.29 is 5.11 Å². The second kappa shape index (κ2) is 5.77. The highest BCUT2D eigenvalue weighted by Crippen LogP contribution is 2.37. The molecule has 0 radical (unpaired) electrons. The zero-order chi connectivity index (χ0) is 14.0. The van der Waals surface area contributed by atoms with Crippen molar-refractivity contribution in [3.8, 4) is 0 Å². The molecular formula is C14H25N3OS. The maximum Gasteiger partial charge on any atom is 0.185 e.